The number of benzene rings is 1. The summed E-state index contributed by atoms with van der Waals surface area (Å²) in [4.78, 5) is 24.0. The Morgan fingerprint density at radius 3 is 2.73 bits per heavy atom. The van der Waals surface area contributed by atoms with Crippen LogP contribution in [0.4, 0.5) is 5.69 Å². The van der Waals surface area contributed by atoms with Gasteiger partial charge in [0.2, 0.25) is 0 Å². The molecule has 1 aromatic heterocycles. The first-order valence-corrected chi connectivity index (χ1v) is 10.2. The fourth-order valence-corrected chi connectivity index (χ4v) is 4.56. The number of carbonyl (C=O) groups excluding carboxylic acids is 1. The van der Waals surface area contributed by atoms with Gasteiger partial charge in [-0.05, 0) is 26.0 Å². The van der Waals surface area contributed by atoms with Gasteiger partial charge in [0.1, 0.15) is 5.78 Å². The molecule has 2 aromatic rings. The first-order chi connectivity index (χ1) is 12.1. The molecule has 0 saturated carbocycles. The Hall–Kier alpha value is -1.24. The van der Waals surface area contributed by atoms with E-state index in [1.165, 1.54) is 0 Å². The molecule has 7 heteroatoms. The van der Waals surface area contributed by atoms with E-state index in [9.17, 15) is 4.79 Å². The van der Waals surface area contributed by atoms with Crippen LogP contribution in [0.25, 0.3) is 11.0 Å². The van der Waals surface area contributed by atoms with Crippen molar-refractivity contribution < 1.29 is 4.79 Å². The number of piperazine rings is 1. The number of hydrogen-bond donors (Lipinski definition) is 1. The van der Waals surface area contributed by atoms with E-state index in [-0.39, 0.29) is 10.5 Å². The van der Waals surface area contributed by atoms with Gasteiger partial charge in [-0.3, -0.25) is 9.69 Å². The van der Waals surface area contributed by atoms with Crippen LogP contribution in [0.2, 0.25) is 5.02 Å². The summed E-state index contributed by atoms with van der Waals surface area (Å²) < 4.78 is 0.0993. The molecule has 0 aliphatic carbocycles. The van der Waals surface area contributed by atoms with Crippen LogP contribution < -0.4 is 4.90 Å². The maximum absolute atomic E-state index is 11.4. The Morgan fingerprint density at radius 2 is 2.12 bits per heavy atom. The highest BCUT2D eigenvalue weighted by molar-refractivity contribution is 8.00. The number of ketones is 1. The molecule has 1 fully saturated rings. The predicted octanol–water partition coefficient (Wildman–Crippen LogP) is 4.21. The first kappa shape index (κ1) is 19.5. The Balaban J connectivity index is 1.84. The van der Waals surface area contributed by atoms with Crippen molar-refractivity contribution in [2.24, 2.45) is 0 Å². The summed E-state index contributed by atoms with van der Waals surface area (Å²) >= 11 is 8.32. The van der Waals surface area contributed by atoms with Crippen LogP contribution in [0.15, 0.2) is 17.3 Å². The number of H-pyrrole nitrogens is 1. The van der Waals surface area contributed by atoms with E-state index in [1.807, 2.05) is 6.07 Å². The van der Waals surface area contributed by atoms with Crippen LogP contribution in [0.1, 0.15) is 34.6 Å². The van der Waals surface area contributed by atoms with Crippen molar-refractivity contribution in [2.75, 3.05) is 31.1 Å². The van der Waals surface area contributed by atoms with Gasteiger partial charge in [-0.15, -0.1) is 0 Å². The lowest BCUT2D eigenvalue weighted by Gasteiger charge is -2.41. The van der Waals surface area contributed by atoms with Gasteiger partial charge in [-0.2, -0.15) is 0 Å². The first-order valence-electron chi connectivity index (χ1n) is 8.99. The number of fused-ring (bicyclic) bond motifs is 1. The molecular formula is C19H27ClN4OS. The largest absolute Gasteiger partial charge is 0.365 e. The predicted molar refractivity (Wildman–Crippen MR) is 111 cm³/mol. The monoisotopic (exact) mass is 394 g/mol. The van der Waals surface area contributed by atoms with Crippen LogP contribution in [-0.2, 0) is 4.79 Å². The normalized spacial score (nSPS) is 19.3. The zero-order valence-corrected chi connectivity index (χ0v) is 17.7. The highest BCUT2D eigenvalue weighted by atomic mass is 35.5. The van der Waals surface area contributed by atoms with E-state index in [0.717, 1.165) is 46.5 Å². The van der Waals surface area contributed by atoms with Crippen molar-refractivity contribution in [1.82, 2.24) is 14.9 Å². The molecule has 3 rings (SSSR count). The van der Waals surface area contributed by atoms with E-state index < -0.39 is 0 Å². The summed E-state index contributed by atoms with van der Waals surface area (Å²) in [5, 5.41) is 1.65. The second-order valence-corrected chi connectivity index (χ2v) is 10.3. The molecule has 1 atom stereocenters. The number of aromatic amines is 1. The molecule has 1 unspecified atom stereocenters. The van der Waals surface area contributed by atoms with Crippen molar-refractivity contribution >= 4 is 45.9 Å². The number of nitrogens with zero attached hydrogens (tertiary/aromatic N) is 3. The number of anilines is 1. The van der Waals surface area contributed by atoms with Gasteiger partial charge in [0, 0.05) is 30.4 Å². The lowest BCUT2D eigenvalue weighted by atomic mass is 10.1. The van der Waals surface area contributed by atoms with Gasteiger partial charge < -0.3 is 9.88 Å². The van der Waals surface area contributed by atoms with E-state index >= 15 is 0 Å². The molecular weight excluding hydrogens is 368 g/mol. The van der Waals surface area contributed by atoms with Crippen LogP contribution in [0.3, 0.4) is 0 Å². The van der Waals surface area contributed by atoms with Gasteiger partial charge in [0.25, 0.3) is 0 Å². The number of Topliss-reactive ketones (excluding diaryl/α,β-unsaturated/α-hetero) is 1. The Kier molecular flexibility index (Phi) is 5.56. The Bertz CT molecular complexity index is 814. The van der Waals surface area contributed by atoms with Crippen molar-refractivity contribution in [3.63, 3.8) is 0 Å². The summed E-state index contributed by atoms with van der Waals surface area (Å²) in [7, 11) is 0. The summed E-state index contributed by atoms with van der Waals surface area (Å²) in [5.41, 5.74) is 2.93. The van der Waals surface area contributed by atoms with Gasteiger partial charge in [0.15, 0.2) is 5.16 Å². The Morgan fingerprint density at radius 1 is 1.38 bits per heavy atom. The number of halogens is 1. The number of aromatic nitrogens is 2. The van der Waals surface area contributed by atoms with E-state index in [1.54, 1.807) is 18.7 Å². The van der Waals surface area contributed by atoms with Gasteiger partial charge in [-0.25, -0.2) is 4.98 Å². The molecule has 1 aromatic carbocycles. The van der Waals surface area contributed by atoms with Crippen molar-refractivity contribution in [3.05, 3.63) is 17.2 Å². The zero-order valence-electron chi connectivity index (χ0n) is 16.1. The molecule has 1 saturated heterocycles. The average Bonchev–Trinajstić information content (AvgIpc) is 2.85. The number of nitrogens with one attached hydrogen (secondary N) is 1. The molecule has 0 radical (unpaired) electrons. The third-order valence-electron chi connectivity index (χ3n) is 4.40. The smallest absolute Gasteiger partial charge is 0.166 e. The quantitative estimate of drug-likeness (QED) is 0.787. The topological polar surface area (TPSA) is 52.2 Å². The lowest BCUT2D eigenvalue weighted by Crippen LogP contribution is -2.53. The molecule has 0 bridgehead atoms. The van der Waals surface area contributed by atoms with E-state index in [0.29, 0.717) is 12.6 Å². The number of carbonyl (C=O) groups is 1. The summed E-state index contributed by atoms with van der Waals surface area (Å²) in [6.45, 7) is 13.4. The average molecular weight is 395 g/mol. The molecule has 26 heavy (non-hydrogen) atoms. The molecule has 0 spiro atoms. The van der Waals surface area contributed by atoms with Crippen LogP contribution in [-0.4, -0.2) is 57.6 Å². The van der Waals surface area contributed by atoms with Gasteiger partial charge in [0.05, 0.1) is 28.3 Å². The van der Waals surface area contributed by atoms with Gasteiger partial charge >= 0.3 is 0 Å². The van der Waals surface area contributed by atoms with Crippen molar-refractivity contribution in [3.8, 4) is 0 Å². The summed E-state index contributed by atoms with van der Waals surface area (Å²) in [5.74, 6) is 0.213. The minimum absolute atomic E-state index is 0.0993. The number of imidazole rings is 1. The molecule has 142 valence electrons. The van der Waals surface area contributed by atoms with Gasteiger partial charge in [-0.1, -0.05) is 44.1 Å². The van der Waals surface area contributed by atoms with E-state index in [2.05, 4.69) is 48.5 Å². The van der Waals surface area contributed by atoms with Crippen molar-refractivity contribution in [1.29, 1.82) is 0 Å². The highest BCUT2D eigenvalue weighted by Crippen LogP contribution is 2.35. The molecule has 1 aliphatic rings. The standard InChI is InChI=1S/C19H27ClN4OS/c1-12-10-23(11-13(2)25)6-7-24(12)17-9-16-15(8-14(17)20)21-18(22-16)26-19(3,4)5/h8-9,12H,6-7,10-11H2,1-5H3,(H,21,22). The van der Waals surface area contributed by atoms with Crippen LogP contribution >= 0.6 is 23.4 Å². The minimum Gasteiger partial charge on any atom is -0.365 e. The van der Waals surface area contributed by atoms with Crippen LogP contribution in [0, 0.1) is 0 Å². The zero-order chi connectivity index (χ0) is 19.1. The molecule has 5 nitrogen and oxygen atoms in total. The third kappa shape index (κ3) is 4.53. The van der Waals surface area contributed by atoms with E-state index in [4.69, 9.17) is 16.6 Å². The van der Waals surface area contributed by atoms with Crippen LogP contribution in [0.5, 0.6) is 0 Å². The van der Waals surface area contributed by atoms with Crippen molar-refractivity contribution in [2.45, 2.75) is 50.6 Å². The number of thioether (sulfide) groups is 1. The highest BCUT2D eigenvalue weighted by Gasteiger charge is 2.26. The SMILES string of the molecule is CC(=O)CN1CCN(c2cc3nc(SC(C)(C)C)[nH]c3cc2Cl)C(C)C1. The molecule has 0 amide bonds. The second-order valence-electron chi connectivity index (χ2n) is 8.06. The third-order valence-corrected chi connectivity index (χ3v) is 5.70. The number of rotatable bonds is 4. The minimum atomic E-state index is 0.0993. The maximum Gasteiger partial charge on any atom is 0.166 e. The Labute approximate surface area is 164 Å². The second kappa shape index (κ2) is 7.41. The lowest BCUT2D eigenvalue weighted by molar-refractivity contribution is -0.118. The number of hydrogen-bond acceptors (Lipinski definition) is 5. The molecule has 2 heterocycles. The summed E-state index contributed by atoms with van der Waals surface area (Å²) in [6.07, 6.45) is 0. The summed E-state index contributed by atoms with van der Waals surface area (Å²) in [6, 6.07) is 4.35. The fraction of sp³-hybridized carbons (Fsp3) is 0.579. The molecule has 1 N–H and O–H groups in total. The fourth-order valence-electron chi connectivity index (χ4n) is 3.40. The maximum atomic E-state index is 11.4. The molecule has 1 aliphatic heterocycles.